The van der Waals surface area contributed by atoms with Gasteiger partial charge < -0.3 is 20.1 Å². The van der Waals surface area contributed by atoms with E-state index in [2.05, 4.69) is 15.5 Å². The zero-order valence-corrected chi connectivity index (χ0v) is 14.3. The zero-order valence-electron chi connectivity index (χ0n) is 14.3. The lowest BCUT2D eigenvalue weighted by molar-refractivity contribution is 0.0265. The largest absolute Gasteiger partial charge is 0.477 e. The van der Waals surface area contributed by atoms with E-state index in [1.54, 1.807) is 4.90 Å². The molecule has 1 amide bonds. The number of hydrogen-bond donors (Lipinski definition) is 3. The molecule has 3 N–H and O–H groups in total. The number of carbonyl (C=O) groups excluding carboxylic acids is 1. The normalized spacial score (nSPS) is 15.1. The van der Waals surface area contributed by atoms with Crippen molar-refractivity contribution < 1.29 is 19.4 Å². The standard InChI is InChI=1S/C16H24N4O4/c1-16(2,3)24-15(23)20-6-4-11(5-7-20)8-17-9-12-10-18-19-13(12)14(21)22/h4,10,17H,5-9H2,1-3H3,(H,18,19)(H,21,22). The number of aromatic carboxylic acids is 1. The van der Waals surface area contributed by atoms with Gasteiger partial charge in [-0.2, -0.15) is 5.10 Å². The van der Waals surface area contributed by atoms with Crippen LogP contribution in [-0.2, 0) is 11.3 Å². The average molecular weight is 336 g/mol. The van der Waals surface area contributed by atoms with Gasteiger partial charge in [0, 0.05) is 31.7 Å². The molecular weight excluding hydrogens is 312 g/mol. The van der Waals surface area contributed by atoms with Gasteiger partial charge in [0.2, 0.25) is 0 Å². The van der Waals surface area contributed by atoms with Crippen LogP contribution in [0.5, 0.6) is 0 Å². The molecule has 0 spiro atoms. The van der Waals surface area contributed by atoms with Gasteiger partial charge in [-0.1, -0.05) is 11.6 Å². The summed E-state index contributed by atoms with van der Waals surface area (Å²) in [6.45, 7) is 7.76. The van der Waals surface area contributed by atoms with Crippen molar-refractivity contribution in [3.05, 3.63) is 29.1 Å². The summed E-state index contributed by atoms with van der Waals surface area (Å²) in [5, 5.41) is 18.4. The number of H-pyrrole nitrogens is 1. The number of carboxylic acid groups (broad SMARTS) is 1. The highest BCUT2D eigenvalue weighted by Gasteiger charge is 2.23. The van der Waals surface area contributed by atoms with E-state index < -0.39 is 11.6 Å². The first kappa shape index (κ1) is 18.0. The molecule has 0 bridgehead atoms. The van der Waals surface area contributed by atoms with Crippen LogP contribution in [0.3, 0.4) is 0 Å². The number of nitrogens with one attached hydrogen (secondary N) is 2. The molecule has 8 nitrogen and oxygen atoms in total. The first-order valence-electron chi connectivity index (χ1n) is 7.88. The smallest absolute Gasteiger partial charge is 0.410 e. The molecular formula is C16H24N4O4. The minimum atomic E-state index is -1.02. The Kier molecular flexibility index (Phi) is 5.61. The van der Waals surface area contributed by atoms with Crippen molar-refractivity contribution in [1.82, 2.24) is 20.4 Å². The van der Waals surface area contributed by atoms with E-state index >= 15 is 0 Å². The highest BCUT2D eigenvalue weighted by atomic mass is 16.6. The summed E-state index contributed by atoms with van der Waals surface area (Å²) < 4.78 is 5.35. The van der Waals surface area contributed by atoms with Gasteiger partial charge in [-0.25, -0.2) is 9.59 Å². The number of aromatic nitrogens is 2. The minimum absolute atomic E-state index is 0.108. The summed E-state index contributed by atoms with van der Waals surface area (Å²) in [7, 11) is 0. The zero-order chi connectivity index (χ0) is 17.7. The Morgan fingerprint density at radius 2 is 2.17 bits per heavy atom. The first-order chi connectivity index (χ1) is 11.3. The van der Waals surface area contributed by atoms with Crippen molar-refractivity contribution in [2.75, 3.05) is 19.6 Å². The molecule has 8 heteroatoms. The van der Waals surface area contributed by atoms with E-state index in [0.29, 0.717) is 31.7 Å². The maximum absolute atomic E-state index is 12.0. The molecule has 1 aliphatic heterocycles. The maximum atomic E-state index is 12.0. The van der Waals surface area contributed by atoms with E-state index in [9.17, 15) is 9.59 Å². The molecule has 0 aromatic carbocycles. The molecule has 0 fully saturated rings. The first-order valence-corrected chi connectivity index (χ1v) is 7.88. The predicted octanol–water partition coefficient (Wildman–Crippen LogP) is 1.76. The molecule has 1 aliphatic rings. The fraction of sp³-hybridized carbons (Fsp3) is 0.562. The lowest BCUT2D eigenvalue weighted by Gasteiger charge is -2.29. The summed E-state index contributed by atoms with van der Waals surface area (Å²) in [6, 6.07) is 0. The fourth-order valence-corrected chi connectivity index (χ4v) is 2.35. The maximum Gasteiger partial charge on any atom is 0.410 e. The number of carbonyl (C=O) groups is 2. The lowest BCUT2D eigenvalue weighted by atomic mass is 10.1. The third-order valence-corrected chi connectivity index (χ3v) is 3.55. The molecule has 132 valence electrons. The van der Waals surface area contributed by atoms with Gasteiger partial charge in [0.15, 0.2) is 0 Å². The van der Waals surface area contributed by atoms with Crippen molar-refractivity contribution in [3.8, 4) is 0 Å². The highest BCUT2D eigenvalue weighted by molar-refractivity contribution is 5.86. The van der Waals surface area contributed by atoms with Crippen molar-refractivity contribution in [2.45, 2.75) is 39.3 Å². The van der Waals surface area contributed by atoms with Gasteiger partial charge >= 0.3 is 12.1 Å². The molecule has 0 saturated heterocycles. The number of ether oxygens (including phenoxy) is 1. The summed E-state index contributed by atoms with van der Waals surface area (Å²) in [4.78, 5) is 24.6. The van der Waals surface area contributed by atoms with E-state index in [-0.39, 0.29) is 11.8 Å². The highest BCUT2D eigenvalue weighted by Crippen LogP contribution is 2.15. The molecule has 24 heavy (non-hydrogen) atoms. The Labute approximate surface area is 140 Å². The summed E-state index contributed by atoms with van der Waals surface area (Å²) in [6.07, 6.45) is 3.99. The number of rotatable bonds is 5. The Bertz CT molecular complexity index is 630. The van der Waals surface area contributed by atoms with Gasteiger partial charge in [0.25, 0.3) is 0 Å². The average Bonchev–Trinajstić information content (AvgIpc) is 2.95. The summed E-state index contributed by atoms with van der Waals surface area (Å²) in [5.74, 6) is -1.02. The van der Waals surface area contributed by atoms with Crippen LogP contribution in [-0.4, -0.2) is 57.5 Å². The Hall–Kier alpha value is -2.35. The second-order valence-corrected chi connectivity index (χ2v) is 6.72. The van der Waals surface area contributed by atoms with Crippen LogP contribution >= 0.6 is 0 Å². The van der Waals surface area contributed by atoms with Gasteiger partial charge in [-0.3, -0.25) is 5.10 Å². The Morgan fingerprint density at radius 3 is 2.75 bits per heavy atom. The SMILES string of the molecule is CC(C)(C)OC(=O)N1CC=C(CNCc2cn[nH]c2C(=O)O)CC1. The minimum Gasteiger partial charge on any atom is -0.477 e. The van der Waals surface area contributed by atoms with Crippen molar-refractivity contribution in [2.24, 2.45) is 0 Å². The molecule has 0 unspecified atom stereocenters. The number of amides is 1. The molecule has 2 rings (SSSR count). The molecule has 0 atom stereocenters. The topological polar surface area (TPSA) is 108 Å². The molecule has 0 saturated carbocycles. The predicted molar refractivity (Wildman–Crippen MR) is 87.8 cm³/mol. The Morgan fingerprint density at radius 1 is 1.42 bits per heavy atom. The molecule has 2 heterocycles. The van der Waals surface area contributed by atoms with Gasteiger partial charge in [-0.05, 0) is 27.2 Å². The summed E-state index contributed by atoms with van der Waals surface area (Å²) >= 11 is 0. The molecule has 0 aliphatic carbocycles. The number of nitrogens with zero attached hydrogens (tertiary/aromatic N) is 2. The van der Waals surface area contributed by atoms with Crippen LogP contribution in [0, 0.1) is 0 Å². The third-order valence-electron chi connectivity index (χ3n) is 3.55. The second kappa shape index (κ2) is 7.48. The van der Waals surface area contributed by atoms with Crippen LogP contribution in [0.4, 0.5) is 4.79 Å². The van der Waals surface area contributed by atoms with Gasteiger partial charge in [0.05, 0.1) is 6.20 Å². The molecule has 0 radical (unpaired) electrons. The van der Waals surface area contributed by atoms with Crippen LogP contribution in [0.2, 0.25) is 0 Å². The van der Waals surface area contributed by atoms with Crippen molar-refractivity contribution in [3.63, 3.8) is 0 Å². The van der Waals surface area contributed by atoms with E-state index in [0.717, 1.165) is 6.42 Å². The molecule has 1 aromatic heterocycles. The van der Waals surface area contributed by atoms with Gasteiger partial charge in [-0.15, -0.1) is 0 Å². The molecule has 1 aromatic rings. The van der Waals surface area contributed by atoms with Crippen molar-refractivity contribution in [1.29, 1.82) is 0 Å². The fourth-order valence-electron chi connectivity index (χ4n) is 2.35. The number of aromatic amines is 1. The van der Waals surface area contributed by atoms with Crippen LogP contribution in [0.15, 0.2) is 17.8 Å². The summed E-state index contributed by atoms with van der Waals surface area (Å²) in [5.41, 5.74) is 1.43. The van der Waals surface area contributed by atoms with Gasteiger partial charge in [0.1, 0.15) is 11.3 Å². The monoisotopic (exact) mass is 336 g/mol. The third kappa shape index (κ3) is 5.09. The second-order valence-electron chi connectivity index (χ2n) is 6.72. The number of hydrogen-bond acceptors (Lipinski definition) is 5. The van der Waals surface area contributed by atoms with Crippen molar-refractivity contribution >= 4 is 12.1 Å². The lowest BCUT2D eigenvalue weighted by Crippen LogP contribution is -2.39. The van der Waals surface area contributed by atoms with E-state index in [1.165, 1.54) is 11.8 Å². The van der Waals surface area contributed by atoms with Crippen LogP contribution in [0.1, 0.15) is 43.2 Å². The number of carboxylic acids is 1. The van der Waals surface area contributed by atoms with E-state index in [1.807, 2.05) is 26.8 Å². The van der Waals surface area contributed by atoms with Crippen LogP contribution < -0.4 is 5.32 Å². The van der Waals surface area contributed by atoms with E-state index in [4.69, 9.17) is 9.84 Å². The van der Waals surface area contributed by atoms with Crippen LogP contribution in [0.25, 0.3) is 0 Å². The Balaban J connectivity index is 1.78. The quantitative estimate of drug-likeness (QED) is 0.707.